The summed E-state index contributed by atoms with van der Waals surface area (Å²) in [5.41, 5.74) is 0. The second-order valence-electron chi connectivity index (χ2n) is 4.27. The van der Waals surface area contributed by atoms with E-state index in [0.717, 1.165) is 0 Å². The van der Waals surface area contributed by atoms with Crippen molar-refractivity contribution in [1.82, 2.24) is 0 Å². The van der Waals surface area contributed by atoms with Crippen LogP contribution in [0.4, 0.5) is 13.2 Å². The van der Waals surface area contributed by atoms with Gasteiger partial charge in [-0.25, -0.2) is 0 Å². The van der Waals surface area contributed by atoms with Crippen LogP contribution in [0.1, 0.15) is 39.0 Å². The van der Waals surface area contributed by atoms with Gasteiger partial charge in [-0.2, -0.15) is 13.2 Å². The summed E-state index contributed by atoms with van der Waals surface area (Å²) in [5, 5.41) is 0. The molecule has 0 saturated heterocycles. The zero-order valence-electron chi connectivity index (χ0n) is 9.35. The third-order valence-electron chi connectivity index (χ3n) is 3.07. The maximum Gasteiger partial charge on any atom is 0.391 e. The summed E-state index contributed by atoms with van der Waals surface area (Å²) in [7, 11) is 0. The zero-order valence-corrected chi connectivity index (χ0v) is 9.35. The Balaban J connectivity index is 2.30. The van der Waals surface area contributed by atoms with Gasteiger partial charge >= 0.3 is 12.1 Å². The van der Waals surface area contributed by atoms with Crippen LogP contribution in [-0.4, -0.2) is 18.8 Å². The van der Waals surface area contributed by atoms with E-state index in [-0.39, 0.29) is 31.1 Å². The maximum absolute atomic E-state index is 12.4. The number of esters is 1. The first-order chi connectivity index (χ1) is 7.43. The largest absolute Gasteiger partial charge is 0.466 e. The lowest BCUT2D eigenvalue weighted by molar-refractivity contribution is -0.184. The Morgan fingerprint density at radius 1 is 1.25 bits per heavy atom. The molecule has 0 N–H and O–H groups in total. The molecular formula is C11H17F3O2. The second kappa shape index (κ2) is 5.55. The first kappa shape index (κ1) is 13.3. The lowest BCUT2D eigenvalue weighted by Gasteiger charge is -2.29. The molecule has 0 atom stereocenters. The first-order valence-electron chi connectivity index (χ1n) is 5.65. The molecule has 0 aromatic carbocycles. The van der Waals surface area contributed by atoms with Crippen molar-refractivity contribution in [2.24, 2.45) is 11.8 Å². The standard InChI is InChI=1S/C11H17F3O2/c1-2-16-10(15)7-8-3-5-9(6-4-8)11(12,13)14/h8-9H,2-7H2,1H3. The van der Waals surface area contributed by atoms with Gasteiger partial charge < -0.3 is 4.74 Å². The zero-order chi connectivity index (χ0) is 12.2. The molecular weight excluding hydrogens is 221 g/mol. The molecule has 0 aromatic heterocycles. The number of alkyl halides is 3. The van der Waals surface area contributed by atoms with Crippen molar-refractivity contribution < 1.29 is 22.7 Å². The smallest absolute Gasteiger partial charge is 0.391 e. The SMILES string of the molecule is CCOC(=O)CC1CCC(C(F)(F)F)CC1. The van der Waals surface area contributed by atoms with Gasteiger partial charge in [0.15, 0.2) is 0 Å². The Hall–Kier alpha value is -0.740. The number of carbonyl (C=O) groups excluding carboxylic acids is 1. The highest BCUT2D eigenvalue weighted by molar-refractivity contribution is 5.69. The van der Waals surface area contributed by atoms with Gasteiger partial charge in [0.2, 0.25) is 0 Å². The predicted molar refractivity (Wildman–Crippen MR) is 52.8 cm³/mol. The van der Waals surface area contributed by atoms with Crippen LogP contribution in [0.5, 0.6) is 0 Å². The molecule has 0 aromatic rings. The highest BCUT2D eigenvalue weighted by Gasteiger charge is 2.41. The number of ether oxygens (including phenoxy) is 1. The lowest BCUT2D eigenvalue weighted by Crippen LogP contribution is -2.28. The Morgan fingerprint density at radius 3 is 2.25 bits per heavy atom. The van der Waals surface area contributed by atoms with Gasteiger partial charge in [-0.05, 0) is 38.5 Å². The minimum atomic E-state index is -4.07. The van der Waals surface area contributed by atoms with E-state index in [2.05, 4.69) is 0 Å². The minimum Gasteiger partial charge on any atom is -0.466 e. The summed E-state index contributed by atoms with van der Waals surface area (Å²) in [4.78, 5) is 11.1. The van der Waals surface area contributed by atoms with Gasteiger partial charge in [0, 0.05) is 6.42 Å². The molecule has 0 bridgehead atoms. The predicted octanol–water partition coefficient (Wildman–Crippen LogP) is 3.31. The molecule has 0 radical (unpaired) electrons. The highest BCUT2D eigenvalue weighted by Crippen LogP contribution is 2.40. The number of carbonyl (C=O) groups is 1. The van der Waals surface area contributed by atoms with Gasteiger partial charge in [-0.1, -0.05) is 0 Å². The molecule has 5 heteroatoms. The van der Waals surface area contributed by atoms with Crippen LogP contribution in [0.2, 0.25) is 0 Å². The van der Waals surface area contributed by atoms with Crippen LogP contribution in [0.25, 0.3) is 0 Å². The van der Waals surface area contributed by atoms with E-state index in [1.165, 1.54) is 0 Å². The number of rotatable bonds is 3. The van der Waals surface area contributed by atoms with Crippen molar-refractivity contribution in [3.8, 4) is 0 Å². The van der Waals surface area contributed by atoms with E-state index < -0.39 is 12.1 Å². The normalized spacial score (nSPS) is 26.5. The summed E-state index contributed by atoms with van der Waals surface area (Å²) in [6.45, 7) is 2.05. The quantitative estimate of drug-likeness (QED) is 0.705. The topological polar surface area (TPSA) is 26.3 Å². The Bertz CT molecular complexity index is 230. The van der Waals surface area contributed by atoms with Gasteiger partial charge in [0.25, 0.3) is 0 Å². The third-order valence-corrected chi connectivity index (χ3v) is 3.07. The number of halogens is 3. The molecule has 0 spiro atoms. The Morgan fingerprint density at radius 2 is 1.81 bits per heavy atom. The fourth-order valence-electron chi connectivity index (χ4n) is 2.15. The second-order valence-corrected chi connectivity index (χ2v) is 4.27. The molecule has 16 heavy (non-hydrogen) atoms. The molecule has 94 valence electrons. The van der Waals surface area contributed by atoms with E-state index >= 15 is 0 Å². The fourth-order valence-corrected chi connectivity index (χ4v) is 2.15. The van der Waals surface area contributed by atoms with Crippen molar-refractivity contribution in [3.05, 3.63) is 0 Å². The molecule has 1 aliphatic rings. The molecule has 1 rings (SSSR count). The molecule has 1 aliphatic carbocycles. The summed E-state index contributed by atoms with van der Waals surface area (Å²) < 4.78 is 41.9. The summed E-state index contributed by atoms with van der Waals surface area (Å²) >= 11 is 0. The van der Waals surface area contributed by atoms with Crippen molar-refractivity contribution in [1.29, 1.82) is 0 Å². The fraction of sp³-hybridized carbons (Fsp3) is 0.909. The van der Waals surface area contributed by atoms with Crippen LogP contribution < -0.4 is 0 Å². The molecule has 0 unspecified atom stereocenters. The highest BCUT2D eigenvalue weighted by atomic mass is 19.4. The van der Waals surface area contributed by atoms with Crippen LogP contribution in [0.3, 0.4) is 0 Å². The molecule has 0 amide bonds. The summed E-state index contributed by atoms with van der Waals surface area (Å²) in [6, 6.07) is 0. The van der Waals surface area contributed by atoms with E-state index in [9.17, 15) is 18.0 Å². The molecule has 0 aliphatic heterocycles. The first-order valence-corrected chi connectivity index (χ1v) is 5.65. The Labute approximate surface area is 93.2 Å². The maximum atomic E-state index is 12.4. The minimum absolute atomic E-state index is 0.0673. The van der Waals surface area contributed by atoms with Crippen molar-refractivity contribution in [2.75, 3.05) is 6.61 Å². The third kappa shape index (κ3) is 4.02. The van der Waals surface area contributed by atoms with Gasteiger partial charge in [0.1, 0.15) is 0 Å². The molecule has 2 nitrogen and oxygen atoms in total. The van der Waals surface area contributed by atoms with Crippen molar-refractivity contribution in [3.63, 3.8) is 0 Å². The average Bonchev–Trinajstić information content (AvgIpc) is 2.17. The van der Waals surface area contributed by atoms with Crippen LogP contribution in [0, 0.1) is 11.8 Å². The van der Waals surface area contributed by atoms with Gasteiger partial charge in [-0.15, -0.1) is 0 Å². The van der Waals surface area contributed by atoms with Crippen molar-refractivity contribution in [2.45, 2.75) is 45.2 Å². The van der Waals surface area contributed by atoms with E-state index in [1.807, 2.05) is 0 Å². The van der Waals surface area contributed by atoms with Crippen LogP contribution in [-0.2, 0) is 9.53 Å². The lowest BCUT2D eigenvalue weighted by atomic mass is 9.80. The summed E-state index contributed by atoms with van der Waals surface area (Å²) in [6.07, 6.45) is -2.57. The van der Waals surface area contributed by atoms with Gasteiger partial charge in [0.05, 0.1) is 12.5 Å². The number of hydrogen-bond acceptors (Lipinski definition) is 2. The molecule has 0 heterocycles. The van der Waals surface area contributed by atoms with Gasteiger partial charge in [-0.3, -0.25) is 4.79 Å². The van der Waals surface area contributed by atoms with E-state index in [1.54, 1.807) is 6.92 Å². The van der Waals surface area contributed by atoms with Crippen LogP contribution in [0.15, 0.2) is 0 Å². The summed E-state index contributed by atoms with van der Waals surface area (Å²) in [5.74, 6) is -1.40. The monoisotopic (exact) mass is 238 g/mol. The van der Waals surface area contributed by atoms with E-state index in [0.29, 0.717) is 19.4 Å². The van der Waals surface area contributed by atoms with Crippen molar-refractivity contribution >= 4 is 5.97 Å². The molecule has 1 saturated carbocycles. The molecule has 1 fully saturated rings. The van der Waals surface area contributed by atoms with E-state index in [4.69, 9.17) is 4.74 Å². The van der Waals surface area contributed by atoms with Crippen LogP contribution >= 0.6 is 0 Å². The average molecular weight is 238 g/mol. The Kier molecular flexibility index (Phi) is 4.62. The number of hydrogen-bond donors (Lipinski definition) is 0.